The van der Waals surface area contributed by atoms with Crippen molar-refractivity contribution in [3.05, 3.63) is 23.8 Å². The fourth-order valence-electron chi connectivity index (χ4n) is 1.14. The third kappa shape index (κ3) is 2.39. The van der Waals surface area contributed by atoms with Crippen LogP contribution in [0.15, 0.2) is 18.2 Å². The van der Waals surface area contributed by atoms with Gasteiger partial charge in [0.1, 0.15) is 0 Å². The van der Waals surface area contributed by atoms with Crippen molar-refractivity contribution in [2.75, 3.05) is 13.6 Å². The van der Waals surface area contributed by atoms with Crippen molar-refractivity contribution in [1.82, 2.24) is 4.90 Å². The van der Waals surface area contributed by atoms with Gasteiger partial charge in [-0.2, -0.15) is 0 Å². The molecule has 0 radical (unpaired) electrons. The average molecular weight is 194 g/mol. The Labute approximate surface area is 82.9 Å². The van der Waals surface area contributed by atoms with Crippen LogP contribution in [0, 0.1) is 5.41 Å². The van der Waals surface area contributed by atoms with E-state index in [0.29, 0.717) is 18.5 Å². The Balaban J connectivity index is 2.67. The number of nitrogens with zero attached hydrogens (tertiary/aromatic N) is 1. The summed E-state index contributed by atoms with van der Waals surface area (Å²) in [6, 6.07) is 4.89. The zero-order chi connectivity index (χ0) is 10.6. The van der Waals surface area contributed by atoms with Crippen LogP contribution in [0.2, 0.25) is 0 Å². The molecule has 0 bridgehead atoms. The third-order valence-corrected chi connectivity index (χ3v) is 2.05. The van der Waals surface area contributed by atoms with E-state index >= 15 is 0 Å². The van der Waals surface area contributed by atoms with Crippen molar-refractivity contribution in [3.8, 4) is 11.5 Å². The van der Waals surface area contributed by atoms with E-state index in [-0.39, 0.29) is 11.5 Å². The van der Waals surface area contributed by atoms with Gasteiger partial charge >= 0.3 is 0 Å². The molecule has 1 aromatic carbocycles. The van der Waals surface area contributed by atoms with E-state index in [0.717, 1.165) is 0 Å². The standard InChI is InChI=1S/C10H14N2O2/c1-12(7-11)6-5-8-3-2-4-9(13)10(8)14/h2-4,7,11,13-14H,5-6H2,1H3. The van der Waals surface area contributed by atoms with Gasteiger partial charge in [-0.15, -0.1) is 0 Å². The Morgan fingerprint density at radius 2 is 2.14 bits per heavy atom. The van der Waals surface area contributed by atoms with Crippen molar-refractivity contribution in [1.29, 1.82) is 5.41 Å². The van der Waals surface area contributed by atoms with Gasteiger partial charge in [0.25, 0.3) is 0 Å². The van der Waals surface area contributed by atoms with Crippen LogP contribution in [0.4, 0.5) is 0 Å². The molecule has 1 aromatic rings. The fraction of sp³-hybridized carbons (Fsp3) is 0.300. The molecule has 0 aliphatic rings. The highest BCUT2D eigenvalue weighted by molar-refractivity contribution is 5.50. The van der Waals surface area contributed by atoms with Crippen LogP contribution < -0.4 is 0 Å². The second-order valence-corrected chi connectivity index (χ2v) is 3.14. The lowest BCUT2D eigenvalue weighted by Gasteiger charge is -2.12. The maximum Gasteiger partial charge on any atom is 0.160 e. The first-order chi connectivity index (χ1) is 6.65. The Bertz CT molecular complexity index is 326. The molecule has 0 unspecified atom stereocenters. The first kappa shape index (κ1) is 10.4. The molecule has 76 valence electrons. The van der Waals surface area contributed by atoms with Gasteiger partial charge in [-0.05, 0) is 18.1 Å². The monoisotopic (exact) mass is 194 g/mol. The number of phenols is 2. The summed E-state index contributed by atoms with van der Waals surface area (Å²) in [5, 5.41) is 25.6. The third-order valence-electron chi connectivity index (χ3n) is 2.05. The molecule has 0 amide bonds. The van der Waals surface area contributed by atoms with E-state index in [1.165, 1.54) is 12.4 Å². The summed E-state index contributed by atoms with van der Waals surface area (Å²) in [4.78, 5) is 1.70. The summed E-state index contributed by atoms with van der Waals surface area (Å²) in [6.07, 6.45) is 1.83. The van der Waals surface area contributed by atoms with Crippen LogP contribution in [0.1, 0.15) is 5.56 Å². The van der Waals surface area contributed by atoms with Crippen LogP contribution in [0.25, 0.3) is 0 Å². The molecule has 0 spiro atoms. The molecule has 0 aromatic heterocycles. The molecule has 0 heterocycles. The summed E-state index contributed by atoms with van der Waals surface area (Å²) in [5.41, 5.74) is 0.693. The van der Waals surface area contributed by atoms with Gasteiger partial charge < -0.3 is 15.1 Å². The highest BCUT2D eigenvalue weighted by Crippen LogP contribution is 2.28. The molecular formula is C10H14N2O2. The molecule has 4 nitrogen and oxygen atoms in total. The number of rotatable bonds is 4. The van der Waals surface area contributed by atoms with Crippen molar-refractivity contribution in [2.24, 2.45) is 0 Å². The maximum atomic E-state index is 9.46. The summed E-state index contributed by atoms with van der Waals surface area (Å²) >= 11 is 0. The van der Waals surface area contributed by atoms with Gasteiger partial charge in [-0.1, -0.05) is 12.1 Å². The van der Waals surface area contributed by atoms with Crippen LogP contribution in [0.5, 0.6) is 11.5 Å². The largest absolute Gasteiger partial charge is 0.504 e. The molecule has 4 heteroatoms. The van der Waals surface area contributed by atoms with Gasteiger partial charge in [-0.25, -0.2) is 0 Å². The van der Waals surface area contributed by atoms with E-state index in [2.05, 4.69) is 0 Å². The maximum absolute atomic E-state index is 9.46. The molecular weight excluding hydrogens is 180 g/mol. The normalized spacial score (nSPS) is 9.79. The van der Waals surface area contributed by atoms with E-state index in [4.69, 9.17) is 5.41 Å². The van der Waals surface area contributed by atoms with Crippen LogP contribution in [0.3, 0.4) is 0 Å². The molecule has 0 aliphatic carbocycles. The van der Waals surface area contributed by atoms with E-state index in [1.807, 2.05) is 0 Å². The van der Waals surface area contributed by atoms with Crippen LogP contribution in [-0.4, -0.2) is 35.0 Å². The first-order valence-corrected chi connectivity index (χ1v) is 4.36. The quantitative estimate of drug-likeness (QED) is 0.383. The molecule has 0 atom stereocenters. The molecule has 1 rings (SSSR count). The Hall–Kier alpha value is -1.71. The number of hydrogen-bond donors (Lipinski definition) is 3. The second kappa shape index (κ2) is 4.50. The number of likely N-dealkylation sites (N-methyl/N-ethyl adjacent to an activating group) is 1. The highest BCUT2D eigenvalue weighted by Gasteiger charge is 2.05. The SMILES string of the molecule is CN(C=N)CCc1cccc(O)c1O. The van der Waals surface area contributed by atoms with E-state index in [1.54, 1.807) is 24.1 Å². The Kier molecular flexibility index (Phi) is 3.34. The lowest BCUT2D eigenvalue weighted by molar-refractivity contribution is 0.397. The zero-order valence-electron chi connectivity index (χ0n) is 8.07. The summed E-state index contributed by atoms with van der Waals surface area (Å²) in [7, 11) is 1.78. The number of benzene rings is 1. The minimum atomic E-state index is -0.0972. The Morgan fingerprint density at radius 1 is 1.43 bits per heavy atom. The molecule has 14 heavy (non-hydrogen) atoms. The number of phenolic OH excluding ortho intramolecular Hbond substituents is 2. The summed E-state index contributed by atoms with van der Waals surface area (Å²) < 4.78 is 0. The molecule has 3 N–H and O–H groups in total. The molecule has 0 saturated heterocycles. The zero-order valence-corrected chi connectivity index (χ0v) is 8.07. The van der Waals surface area contributed by atoms with Gasteiger partial charge in [0, 0.05) is 13.6 Å². The second-order valence-electron chi connectivity index (χ2n) is 3.14. The lowest BCUT2D eigenvalue weighted by Crippen LogP contribution is -2.18. The van der Waals surface area contributed by atoms with Crippen molar-refractivity contribution < 1.29 is 10.2 Å². The van der Waals surface area contributed by atoms with Gasteiger partial charge in [0.15, 0.2) is 11.5 Å². The smallest absolute Gasteiger partial charge is 0.160 e. The number of aromatic hydroxyl groups is 2. The average Bonchev–Trinajstić information content (AvgIpc) is 2.20. The number of para-hydroxylation sites is 1. The predicted octanol–water partition coefficient (Wildman–Crippen LogP) is 1.18. The van der Waals surface area contributed by atoms with Gasteiger partial charge in [0.05, 0.1) is 6.34 Å². The van der Waals surface area contributed by atoms with Crippen molar-refractivity contribution in [3.63, 3.8) is 0 Å². The van der Waals surface area contributed by atoms with E-state index < -0.39 is 0 Å². The summed E-state index contributed by atoms with van der Waals surface area (Å²) in [5.74, 6) is -0.161. The molecule has 0 fully saturated rings. The van der Waals surface area contributed by atoms with Crippen molar-refractivity contribution in [2.45, 2.75) is 6.42 Å². The van der Waals surface area contributed by atoms with Crippen LogP contribution >= 0.6 is 0 Å². The molecule has 0 aliphatic heterocycles. The lowest BCUT2D eigenvalue weighted by atomic mass is 10.1. The number of nitrogens with one attached hydrogen (secondary N) is 1. The number of hydrogen-bond acceptors (Lipinski definition) is 3. The van der Waals surface area contributed by atoms with Gasteiger partial charge in [-0.3, -0.25) is 5.41 Å². The topological polar surface area (TPSA) is 67.6 Å². The predicted molar refractivity (Wildman–Crippen MR) is 54.9 cm³/mol. The summed E-state index contributed by atoms with van der Waals surface area (Å²) in [6.45, 7) is 0.639. The van der Waals surface area contributed by atoms with Crippen molar-refractivity contribution >= 4 is 6.34 Å². The Morgan fingerprint density at radius 3 is 2.79 bits per heavy atom. The van der Waals surface area contributed by atoms with Gasteiger partial charge in [0.2, 0.25) is 0 Å². The van der Waals surface area contributed by atoms with E-state index in [9.17, 15) is 10.2 Å². The fourth-order valence-corrected chi connectivity index (χ4v) is 1.14. The first-order valence-electron chi connectivity index (χ1n) is 4.36. The minimum absolute atomic E-state index is 0.0640. The molecule has 0 saturated carbocycles. The minimum Gasteiger partial charge on any atom is -0.504 e. The highest BCUT2D eigenvalue weighted by atomic mass is 16.3. The van der Waals surface area contributed by atoms with Crippen LogP contribution in [-0.2, 0) is 6.42 Å².